The minimum absolute atomic E-state index is 0.0274. The first-order chi connectivity index (χ1) is 8.96. The molecular weight excluding hydrogens is 240 g/mol. The zero-order chi connectivity index (χ0) is 14.3. The van der Waals surface area contributed by atoms with Crippen LogP contribution in [0.5, 0.6) is 11.5 Å². The van der Waals surface area contributed by atoms with Crippen LogP contribution in [0.25, 0.3) is 0 Å². The lowest BCUT2D eigenvalue weighted by atomic mass is 10.1. The number of hydrogen-bond acceptors (Lipinski definition) is 4. The second-order valence-corrected chi connectivity index (χ2v) is 5.26. The molecule has 0 aliphatic carbocycles. The lowest BCUT2D eigenvalue weighted by molar-refractivity contribution is 0.298. The van der Waals surface area contributed by atoms with Gasteiger partial charge in [-0.1, -0.05) is 6.07 Å². The maximum absolute atomic E-state index is 8.55. The molecule has 0 aliphatic rings. The third-order valence-electron chi connectivity index (χ3n) is 2.42. The van der Waals surface area contributed by atoms with E-state index in [2.05, 4.69) is 26.1 Å². The molecule has 0 bridgehead atoms. The summed E-state index contributed by atoms with van der Waals surface area (Å²) in [7, 11) is 0. The van der Waals surface area contributed by atoms with Crippen molar-refractivity contribution in [3.05, 3.63) is 23.8 Å². The van der Waals surface area contributed by atoms with Crippen LogP contribution in [-0.4, -0.2) is 18.8 Å². The van der Waals surface area contributed by atoms with Crippen molar-refractivity contribution < 1.29 is 9.47 Å². The van der Waals surface area contributed by atoms with Gasteiger partial charge in [0.2, 0.25) is 0 Å². The Morgan fingerprint density at radius 2 is 1.95 bits per heavy atom. The fourth-order valence-corrected chi connectivity index (χ4v) is 1.53. The molecule has 0 heterocycles. The zero-order valence-electron chi connectivity index (χ0n) is 12.1. The standard InChI is InChI=1S/C15H22N2O2/c1-5-18-14-10-12(11-17-15(2,3)4)6-7-13(14)19-9-8-16/h6-7,10,17H,5,9,11H2,1-4H3. The number of benzene rings is 1. The molecule has 0 amide bonds. The van der Waals surface area contributed by atoms with Gasteiger partial charge in [-0.15, -0.1) is 0 Å². The molecule has 0 unspecified atom stereocenters. The molecular formula is C15H22N2O2. The second kappa shape index (κ2) is 7.01. The molecule has 0 spiro atoms. The summed E-state index contributed by atoms with van der Waals surface area (Å²) < 4.78 is 10.9. The van der Waals surface area contributed by atoms with Crippen LogP contribution in [0, 0.1) is 11.3 Å². The highest BCUT2D eigenvalue weighted by atomic mass is 16.5. The van der Waals surface area contributed by atoms with E-state index in [0.29, 0.717) is 18.1 Å². The van der Waals surface area contributed by atoms with Crippen LogP contribution < -0.4 is 14.8 Å². The van der Waals surface area contributed by atoms with Crippen LogP contribution in [0.2, 0.25) is 0 Å². The van der Waals surface area contributed by atoms with Gasteiger partial charge < -0.3 is 14.8 Å². The molecule has 0 aliphatic heterocycles. The van der Waals surface area contributed by atoms with Crippen molar-refractivity contribution in [1.82, 2.24) is 5.32 Å². The van der Waals surface area contributed by atoms with Crippen LogP contribution in [0.15, 0.2) is 18.2 Å². The number of nitrogens with one attached hydrogen (secondary N) is 1. The van der Waals surface area contributed by atoms with Crippen LogP contribution in [0.4, 0.5) is 0 Å². The van der Waals surface area contributed by atoms with Crippen LogP contribution in [-0.2, 0) is 6.54 Å². The summed E-state index contributed by atoms with van der Waals surface area (Å²) >= 11 is 0. The fourth-order valence-electron chi connectivity index (χ4n) is 1.53. The SMILES string of the molecule is CCOc1cc(CNC(C)(C)C)ccc1OCC#N. The number of hydrogen-bond donors (Lipinski definition) is 1. The minimum Gasteiger partial charge on any atom is -0.490 e. The number of nitriles is 1. The van der Waals surface area contributed by atoms with E-state index in [9.17, 15) is 0 Å². The molecule has 1 N–H and O–H groups in total. The van der Waals surface area contributed by atoms with Crippen molar-refractivity contribution in [3.8, 4) is 17.6 Å². The van der Waals surface area contributed by atoms with Gasteiger partial charge in [-0.2, -0.15) is 5.26 Å². The van der Waals surface area contributed by atoms with E-state index in [1.807, 2.05) is 31.2 Å². The zero-order valence-corrected chi connectivity index (χ0v) is 12.1. The molecule has 104 valence electrons. The van der Waals surface area contributed by atoms with Gasteiger partial charge in [-0.3, -0.25) is 0 Å². The Labute approximate surface area is 115 Å². The maximum Gasteiger partial charge on any atom is 0.174 e. The Kier molecular flexibility index (Phi) is 5.65. The highest BCUT2D eigenvalue weighted by Gasteiger charge is 2.10. The van der Waals surface area contributed by atoms with Gasteiger partial charge in [0.25, 0.3) is 0 Å². The number of rotatable bonds is 6. The van der Waals surface area contributed by atoms with Crippen molar-refractivity contribution in [1.29, 1.82) is 5.26 Å². The highest BCUT2D eigenvalue weighted by Crippen LogP contribution is 2.28. The Morgan fingerprint density at radius 3 is 2.53 bits per heavy atom. The van der Waals surface area contributed by atoms with E-state index < -0.39 is 0 Å². The van der Waals surface area contributed by atoms with Gasteiger partial charge >= 0.3 is 0 Å². The number of nitrogens with zero attached hydrogens (tertiary/aromatic N) is 1. The Hall–Kier alpha value is -1.73. The number of ether oxygens (including phenoxy) is 2. The predicted octanol–water partition coefficient (Wildman–Crippen LogP) is 2.88. The monoisotopic (exact) mass is 262 g/mol. The van der Waals surface area contributed by atoms with E-state index in [1.54, 1.807) is 0 Å². The normalized spacial score (nSPS) is 10.9. The summed E-state index contributed by atoms with van der Waals surface area (Å²) in [6, 6.07) is 7.74. The van der Waals surface area contributed by atoms with Crippen molar-refractivity contribution in [2.45, 2.75) is 39.8 Å². The predicted molar refractivity (Wildman–Crippen MR) is 75.3 cm³/mol. The average molecular weight is 262 g/mol. The Morgan fingerprint density at radius 1 is 1.21 bits per heavy atom. The largest absolute Gasteiger partial charge is 0.490 e. The molecule has 0 fully saturated rings. The molecule has 0 saturated carbocycles. The van der Waals surface area contributed by atoms with E-state index in [-0.39, 0.29) is 12.1 Å². The van der Waals surface area contributed by atoms with Crippen molar-refractivity contribution in [3.63, 3.8) is 0 Å². The van der Waals surface area contributed by atoms with Gasteiger partial charge in [0.1, 0.15) is 6.07 Å². The topological polar surface area (TPSA) is 54.3 Å². The molecule has 4 heteroatoms. The van der Waals surface area contributed by atoms with Crippen molar-refractivity contribution in [2.24, 2.45) is 0 Å². The molecule has 0 atom stereocenters. The molecule has 19 heavy (non-hydrogen) atoms. The second-order valence-electron chi connectivity index (χ2n) is 5.26. The van der Waals surface area contributed by atoms with Gasteiger partial charge in [0.15, 0.2) is 18.1 Å². The first-order valence-corrected chi connectivity index (χ1v) is 6.47. The maximum atomic E-state index is 8.55. The van der Waals surface area contributed by atoms with Gasteiger partial charge in [0, 0.05) is 12.1 Å². The summed E-state index contributed by atoms with van der Waals surface area (Å²) in [5, 5.41) is 12.0. The Bertz CT molecular complexity index is 444. The van der Waals surface area contributed by atoms with Gasteiger partial charge in [-0.25, -0.2) is 0 Å². The molecule has 1 aromatic rings. The van der Waals surface area contributed by atoms with E-state index in [1.165, 1.54) is 0 Å². The van der Waals surface area contributed by atoms with Crippen LogP contribution >= 0.6 is 0 Å². The smallest absolute Gasteiger partial charge is 0.174 e. The summed E-state index contributed by atoms with van der Waals surface area (Å²) in [6.45, 7) is 9.66. The van der Waals surface area contributed by atoms with E-state index in [4.69, 9.17) is 14.7 Å². The molecule has 1 aromatic carbocycles. The summed E-state index contributed by atoms with van der Waals surface area (Å²) in [6.07, 6.45) is 0. The summed E-state index contributed by atoms with van der Waals surface area (Å²) in [4.78, 5) is 0. The van der Waals surface area contributed by atoms with E-state index >= 15 is 0 Å². The minimum atomic E-state index is 0.0274. The van der Waals surface area contributed by atoms with Crippen molar-refractivity contribution in [2.75, 3.05) is 13.2 Å². The van der Waals surface area contributed by atoms with Crippen molar-refractivity contribution >= 4 is 0 Å². The molecule has 0 radical (unpaired) electrons. The quantitative estimate of drug-likeness (QED) is 0.856. The average Bonchev–Trinajstić information content (AvgIpc) is 2.35. The highest BCUT2D eigenvalue weighted by molar-refractivity contribution is 5.43. The van der Waals surface area contributed by atoms with Crippen LogP contribution in [0.3, 0.4) is 0 Å². The third kappa shape index (κ3) is 5.62. The molecule has 0 aromatic heterocycles. The lowest BCUT2D eigenvalue weighted by Crippen LogP contribution is -2.35. The first-order valence-electron chi connectivity index (χ1n) is 6.47. The van der Waals surface area contributed by atoms with Gasteiger partial charge in [-0.05, 0) is 45.4 Å². The first kappa shape index (κ1) is 15.3. The lowest BCUT2D eigenvalue weighted by Gasteiger charge is -2.21. The third-order valence-corrected chi connectivity index (χ3v) is 2.42. The molecule has 1 rings (SSSR count). The van der Waals surface area contributed by atoms with Crippen LogP contribution in [0.1, 0.15) is 33.3 Å². The summed E-state index contributed by atoms with van der Waals surface area (Å²) in [5.74, 6) is 1.30. The fraction of sp³-hybridized carbons (Fsp3) is 0.533. The van der Waals surface area contributed by atoms with Gasteiger partial charge in [0.05, 0.1) is 6.61 Å². The van der Waals surface area contributed by atoms with E-state index in [0.717, 1.165) is 12.1 Å². The molecule has 0 saturated heterocycles. The molecule has 4 nitrogen and oxygen atoms in total. The summed E-state index contributed by atoms with van der Waals surface area (Å²) in [5.41, 5.74) is 1.20. The Balaban J connectivity index is 2.80.